The van der Waals surface area contributed by atoms with Crippen LogP contribution in [-0.2, 0) is 0 Å². The van der Waals surface area contributed by atoms with E-state index in [1.165, 1.54) is 82.6 Å². The third-order valence-corrected chi connectivity index (χ3v) is 7.73. The average Bonchev–Trinajstić information content (AvgIpc) is 2.69. The lowest BCUT2D eigenvalue weighted by Crippen LogP contribution is -2.30. The summed E-state index contributed by atoms with van der Waals surface area (Å²) in [5.41, 5.74) is 8.00. The number of primary amides is 1. The fourth-order valence-corrected chi connectivity index (χ4v) is 5.70. The molecule has 3 rings (SSSR count). The summed E-state index contributed by atoms with van der Waals surface area (Å²) in [5.74, 6) is 2.27. The second-order valence-corrected chi connectivity index (χ2v) is 9.70. The third-order valence-electron chi connectivity index (χ3n) is 7.73. The van der Waals surface area contributed by atoms with Crippen LogP contribution in [0.2, 0.25) is 0 Å². The van der Waals surface area contributed by atoms with Gasteiger partial charge in [-0.3, -0.25) is 4.79 Å². The van der Waals surface area contributed by atoms with Crippen molar-refractivity contribution >= 4 is 5.91 Å². The molecule has 2 aliphatic rings. The van der Waals surface area contributed by atoms with E-state index in [1.807, 2.05) is 12.1 Å². The molecular formula is C25H39NO. The Morgan fingerprint density at radius 1 is 0.963 bits per heavy atom. The minimum absolute atomic E-state index is 0.329. The second kappa shape index (κ2) is 9.26. The summed E-state index contributed by atoms with van der Waals surface area (Å²) in [4.78, 5) is 11.2. The molecule has 0 heterocycles. The second-order valence-electron chi connectivity index (χ2n) is 9.70. The Morgan fingerprint density at radius 2 is 1.56 bits per heavy atom. The number of benzene rings is 1. The Kier molecular flexibility index (Phi) is 7.00. The lowest BCUT2D eigenvalue weighted by Gasteiger charge is -2.42. The summed E-state index contributed by atoms with van der Waals surface area (Å²) in [6.45, 7) is 4.85. The highest BCUT2D eigenvalue weighted by Gasteiger charge is 2.35. The molecule has 1 amide bonds. The first-order chi connectivity index (χ1) is 13.0. The Bertz CT molecular complexity index is 589. The monoisotopic (exact) mass is 369 g/mol. The predicted molar refractivity (Wildman–Crippen MR) is 114 cm³/mol. The van der Waals surface area contributed by atoms with Gasteiger partial charge in [-0.15, -0.1) is 0 Å². The zero-order valence-electron chi connectivity index (χ0n) is 17.5. The molecular weight excluding hydrogens is 330 g/mol. The fourth-order valence-electron chi connectivity index (χ4n) is 5.70. The van der Waals surface area contributed by atoms with E-state index < -0.39 is 0 Å². The molecule has 2 saturated carbocycles. The van der Waals surface area contributed by atoms with Gasteiger partial charge < -0.3 is 5.73 Å². The highest BCUT2D eigenvalue weighted by Crippen LogP contribution is 2.48. The first-order valence-electron chi connectivity index (χ1n) is 11.4. The van der Waals surface area contributed by atoms with Crippen molar-refractivity contribution < 1.29 is 4.79 Å². The highest BCUT2D eigenvalue weighted by molar-refractivity contribution is 5.92. The lowest BCUT2D eigenvalue weighted by atomic mass is 9.63. The molecule has 2 fully saturated rings. The van der Waals surface area contributed by atoms with Gasteiger partial charge in [0.1, 0.15) is 0 Å². The molecule has 2 N–H and O–H groups in total. The highest BCUT2D eigenvalue weighted by atomic mass is 16.1. The molecule has 1 aromatic carbocycles. The number of carbonyl (C=O) groups is 1. The van der Waals surface area contributed by atoms with Gasteiger partial charge in [0, 0.05) is 5.56 Å². The molecule has 0 aromatic heterocycles. The normalized spacial score (nSPS) is 31.6. The van der Waals surface area contributed by atoms with Crippen molar-refractivity contribution in [1.82, 2.24) is 0 Å². The summed E-state index contributed by atoms with van der Waals surface area (Å²) in [6.07, 6.45) is 16.9. The molecule has 27 heavy (non-hydrogen) atoms. The van der Waals surface area contributed by atoms with Crippen LogP contribution in [0.15, 0.2) is 24.3 Å². The smallest absolute Gasteiger partial charge is 0.248 e. The predicted octanol–water partition coefficient (Wildman–Crippen LogP) is 6.84. The van der Waals surface area contributed by atoms with E-state index in [4.69, 9.17) is 5.73 Å². The first kappa shape index (κ1) is 20.4. The van der Waals surface area contributed by atoms with E-state index in [9.17, 15) is 4.79 Å². The lowest BCUT2D eigenvalue weighted by molar-refractivity contribution is 0.1000. The van der Waals surface area contributed by atoms with E-state index in [2.05, 4.69) is 26.0 Å². The Labute approximate surface area is 166 Å². The number of nitrogens with two attached hydrogens (primary N) is 1. The van der Waals surface area contributed by atoms with Crippen LogP contribution < -0.4 is 5.73 Å². The maximum absolute atomic E-state index is 11.2. The molecule has 150 valence electrons. The van der Waals surface area contributed by atoms with Gasteiger partial charge in [0.25, 0.3) is 0 Å². The van der Waals surface area contributed by atoms with Crippen LogP contribution in [0.25, 0.3) is 0 Å². The minimum Gasteiger partial charge on any atom is -0.366 e. The van der Waals surface area contributed by atoms with E-state index in [0.29, 0.717) is 16.9 Å². The maximum Gasteiger partial charge on any atom is 0.248 e. The van der Waals surface area contributed by atoms with Gasteiger partial charge in [-0.25, -0.2) is 0 Å². The molecule has 1 aromatic rings. The van der Waals surface area contributed by atoms with Crippen molar-refractivity contribution in [3.63, 3.8) is 0 Å². The minimum atomic E-state index is -0.329. The molecule has 0 unspecified atom stereocenters. The molecule has 0 radical (unpaired) electrons. The zero-order valence-corrected chi connectivity index (χ0v) is 17.5. The fraction of sp³-hybridized carbons (Fsp3) is 0.720. The van der Waals surface area contributed by atoms with Crippen molar-refractivity contribution in [2.45, 2.75) is 96.8 Å². The first-order valence-corrected chi connectivity index (χ1v) is 11.4. The number of carbonyl (C=O) groups excluding carboxylic acids is 1. The average molecular weight is 370 g/mol. The van der Waals surface area contributed by atoms with E-state index in [0.717, 1.165) is 11.8 Å². The molecule has 2 aliphatic carbocycles. The summed E-state index contributed by atoms with van der Waals surface area (Å²) in [6, 6.07) is 8.02. The van der Waals surface area contributed by atoms with Crippen LogP contribution in [0.5, 0.6) is 0 Å². The van der Waals surface area contributed by atoms with Gasteiger partial charge in [-0.2, -0.15) is 0 Å². The Balaban J connectivity index is 1.45. The molecule has 2 nitrogen and oxygen atoms in total. The van der Waals surface area contributed by atoms with Crippen molar-refractivity contribution in [3.05, 3.63) is 35.4 Å². The number of rotatable bonds is 7. The van der Waals surface area contributed by atoms with Crippen LogP contribution in [0, 0.1) is 17.3 Å². The van der Waals surface area contributed by atoms with Crippen LogP contribution in [0.3, 0.4) is 0 Å². The summed E-state index contributed by atoms with van der Waals surface area (Å²) >= 11 is 0. The molecule has 0 bridgehead atoms. The number of amides is 1. The number of hydrogen-bond acceptors (Lipinski definition) is 1. The van der Waals surface area contributed by atoms with Crippen LogP contribution >= 0.6 is 0 Å². The van der Waals surface area contributed by atoms with Gasteiger partial charge >= 0.3 is 0 Å². The van der Waals surface area contributed by atoms with Crippen LogP contribution in [0.1, 0.15) is 113 Å². The van der Waals surface area contributed by atoms with Gasteiger partial charge in [-0.05, 0) is 98.7 Å². The van der Waals surface area contributed by atoms with Crippen LogP contribution in [0.4, 0.5) is 0 Å². The van der Waals surface area contributed by atoms with Gasteiger partial charge in [0.15, 0.2) is 0 Å². The van der Waals surface area contributed by atoms with E-state index >= 15 is 0 Å². The van der Waals surface area contributed by atoms with Gasteiger partial charge in [0.2, 0.25) is 5.91 Å². The largest absolute Gasteiger partial charge is 0.366 e. The quantitative estimate of drug-likeness (QED) is 0.525. The van der Waals surface area contributed by atoms with Crippen LogP contribution in [-0.4, -0.2) is 5.91 Å². The summed E-state index contributed by atoms with van der Waals surface area (Å²) < 4.78 is 0. The van der Waals surface area contributed by atoms with E-state index in [1.54, 1.807) is 0 Å². The molecule has 0 aliphatic heterocycles. The number of hydrogen-bond donors (Lipinski definition) is 1. The third kappa shape index (κ3) is 5.36. The molecule has 0 atom stereocenters. The van der Waals surface area contributed by atoms with Gasteiger partial charge in [-0.1, -0.05) is 45.2 Å². The number of unbranched alkanes of at least 4 members (excludes halogenated alkanes) is 2. The standard InChI is InChI=1S/C25H39NO/c1-3-4-5-16-25(2)17-14-22(15-18-25)21-8-6-19(7-9-21)20-10-12-23(13-11-20)24(26)27/h10-13,19,21-22H,3-9,14-18H2,1-2H3,(H2,26,27)/t19?,21?,22-,25-. The molecule has 0 spiro atoms. The van der Waals surface area contributed by atoms with E-state index in [-0.39, 0.29) is 5.91 Å². The van der Waals surface area contributed by atoms with Crippen molar-refractivity contribution in [2.24, 2.45) is 23.0 Å². The summed E-state index contributed by atoms with van der Waals surface area (Å²) in [7, 11) is 0. The zero-order chi connectivity index (χ0) is 19.3. The SMILES string of the molecule is CCCCC[C@]1(C)CC[C@@H](C2CCC(c3ccc(C(N)=O)cc3)CC2)CC1. The molecule has 0 saturated heterocycles. The van der Waals surface area contributed by atoms with Crippen molar-refractivity contribution in [2.75, 3.05) is 0 Å². The Hall–Kier alpha value is -1.31. The topological polar surface area (TPSA) is 43.1 Å². The van der Waals surface area contributed by atoms with Crippen molar-refractivity contribution in [1.29, 1.82) is 0 Å². The van der Waals surface area contributed by atoms with Crippen molar-refractivity contribution in [3.8, 4) is 0 Å². The summed E-state index contributed by atoms with van der Waals surface area (Å²) in [5, 5.41) is 0. The van der Waals surface area contributed by atoms with Gasteiger partial charge in [0.05, 0.1) is 0 Å². The molecule has 2 heteroatoms. The Morgan fingerprint density at radius 3 is 2.11 bits per heavy atom. The maximum atomic E-state index is 11.2.